The second-order valence-corrected chi connectivity index (χ2v) is 5.27. The molecule has 17 heavy (non-hydrogen) atoms. The number of thiazole rings is 1. The van der Waals surface area contributed by atoms with Crippen molar-refractivity contribution < 1.29 is 14.7 Å². The Morgan fingerprint density at radius 2 is 2.29 bits per heavy atom. The molecule has 5 nitrogen and oxygen atoms in total. The van der Waals surface area contributed by atoms with Crippen molar-refractivity contribution in [2.24, 2.45) is 5.92 Å². The number of hydrogen-bond donors (Lipinski definition) is 2. The highest BCUT2D eigenvalue weighted by Gasteiger charge is 2.34. The molecule has 2 atom stereocenters. The summed E-state index contributed by atoms with van der Waals surface area (Å²) in [5.74, 6) is -1.56. The van der Waals surface area contributed by atoms with Crippen LogP contribution in [0.3, 0.4) is 0 Å². The van der Waals surface area contributed by atoms with Crippen LogP contribution in [0.15, 0.2) is 5.38 Å². The van der Waals surface area contributed by atoms with E-state index in [0.717, 1.165) is 17.8 Å². The molecular formula is C11H14N2O3S. The normalized spacial score (nSPS) is 23.6. The number of aryl methyl sites for hydroxylation is 1. The second kappa shape index (κ2) is 4.83. The van der Waals surface area contributed by atoms with Crippen molar-refractivity contribution in [2.75, 3.05) is 0 Å². The molecule has 2 N–H and O–H groups in total. The van der Waals surface area contributed by atoms with Crippen molar-refractivity contribution in [2.45, 2.75) is 32.2 Å². The Bertz CT molecular complexity index is 444. The zero-order valence-electron chi connectivity index (χ0n) is 9.47. The third-order valence-corrected chi connectivity index (χ3v) is 3.77. The summed E-state index contributed by atoms with van der Waals surface area (Å²) < 4.78 is 0. The fourth-order valence-electron chi connectivity index (χ4n) is 2.14. The Hall–Kier alpha value is -1.43. The number of hydrogen-bond acceptors (Lipinski definition) is 4. The van der Waals surface area contributed by atoms with E-state index in [1.165, 1.54) is 11.3 Å². The van der Waals surface area contributed by atoms with Crippen molar-refractivity contribution in [3.63, 3.8) is 0 Å². The van der Waals surface area contributed by atoms with Gasteiger partial charge in [-0.25, -0.2) is 4.98 Å². The van der Waals surface area contributed by atoms with Gasteiger partial charge < -0.3 is 10.4 Å². The van der Waals surface area contributed by atoms with Gasteiger partial charge in [-0.15, -0.1) is 11.3 Å². The molecule has 1 aromatic heterocycles. The van der Waals surface area contributed by atoms with Gasteiger partial charge in [0.1, 0.15) is 5.69 Å². The van der Waals surface area contributed by atoms with Crippen LogP contribution in [0.5, 0.6) is 0 Å². The van der Waals surface area contributed by atoms with Crippen molar-refractivity contribution in [3.8, 4) is 0 Å². The monoisotopic (exact) mass is 254 g/mol. The number of carboxylic acids is 1. The average molecular weight is 254 g/mol. The lowest BCUT2D eigenvalue weighted by Gasteiger charge is -2.16. The first-order valence-corrected chi connectivity index (χ1v) is 6.41. The SMILES string of the molecule is Cc1nc(C(=O)NC2CCCC2C(=O)O)cs1. The van der Waals surface area contributed by atoms with Crippen LogP contribution in [-0.4, -0.2) is 28.0 Å². The van der Waals surface area contributed by atoms with E-state index in [2.05, 4.69) is 10.3 Å². The minimum atomic E-state index is -0.831. The highest BCUT2D eigenvalue weighted by molar-refractivity contribution is 7.09. The van der Waals surface area contributed by atoms with Crippen LogP contribution in [0.25, 0.3) is 0 Å². The van der Waals surface area contributed by atoms with Gasteiger partial charge in [0, 0.05) is 11.4 Å². The lowest BCUT2D eigenvalue weighted by Crippen LogP contribution is -2.40. The summed E-state index contributed by atoms with van der Waals surface area (Å²) >= 11 is 1.41. The molecule has 6 heteroatoms. The lowest BCUT2D eigenvalue weighted by molar-refractivity contribution is -0.142. The van der Waals surface area contributed by atoms with E-state index in [1.807, 2.05) is 6.92 Å². The number of carbonyl (C=O) groups is 2. The predicted molar refractivity (Wildman–Crippen MR) is 63.1 cm³/mol. The highest BCUT2D eigenvalue weighted by Crippen LogP contribution is 2.26. The van der Waals surface area contributed by atoms with Crippen LogP contribution in [-0.2, 0) is 4.79 Å². The van der Waals surface area contributed by atoms with Gasteiger partial charge in [-0.1, -0.05) is 6.42 Å². The van der Waals surface area contributed by atoms with Gasteiger partial charge in [-0.05, 0) is 19.8 Å². The minimum Gasteiger partial charge on any atom is -0.481 e. The largest absolute Gasteiger partial charge is 0.481 e. The van der Waals surface area contributed by atoms with Crippen LogP contribution < -0.4 is 5.32 Å². The molecule has 1 amide bonds. The fraction of sp³-hybridized carbons (Fsp3) is 0.545. The van der Waals surface area contributed by atoms with Gasteiger partial charge >= 0.3 is 5.97 Å². The number of aliphatic carboxylic acids is 1. The molecule has 1 heterocycles. The second-order valence-electron chi connectivity index (χ2n) is 4.21. The summed E-state index contributed by atoms with van der Waals surface area (Å²) in [6.07, 6.45) is 2.21. The number of amides is 1. The average Bonchev–Trinajstić information content (AvgIpc) is 2.86. The first-order chi connectivity index (χ1) is 8.08. The van der Waals surface area contributed by atoms with Gasteiger partial charge in [0.05, 0.1) is 10.9 Å². The number of nitrogens with one attached hydrogen (secondary N) is 1. The fourth-order valence-corrected chi connectivity index (χ4v) is 2.73. The molecule has 0 saturated heterocycles. The molecule has 0 radical (unpaired) electrons. The highest BCUT2D eigenvalue weighted by atomic mass is 32.1. The van der Waals surface area contributed by atoms with Crippen molar-refractivity contribution in [1.29, 1.82) is 0 Å². The lowest BCUT2D eigenvalue weighted by atomic mass is 10.0. The molecule has 0 spiro atoms. The van der Waals surface area contributed by atoms with Gasteiger partial charge in [-0.3, -0.25) is 9.59 Å². The summed E-state index contributed by atoms with van der Waals surface area (Å²) in [5.41, 5.74) is 0.378. The maximum atomic E-state index is 11.8. The molecule has 0 aromatic carbocycles. The summed E-state index contributed by atoms with van der Waals surface area (Å²) in [5, 5.41) is 14.3. The van der Waals surface area contributed by atoms with E-state index < -0.39 is 11.9 Å². The number of rotatable bonds is 3. The Balaban J connectivity index is 2.01. The zero-order valence-corrected chi connectivity index (χ0v) is 10.3. The molecular weight excluding hydrogens is 240 g/mol. The molecule has 92 valence electrons. The summed E-state index contributed by atoms with van der Waals surface area (Å²) in [6.45, 7) is 1.83. The van der Waals surface area contributed by atoms with E-state index in [9.17, 15) is 9.59 Å². The van der Waals surface area contributed by atoms with E-state index in [4.69, 9.17) is 5.11 Å². The van der Waals surface area contributed by atoms with E-state index in [1.54, 1.807) is 5.38 Å². The third kappa shape index (κ3) is 2.63. The molecule has 2 unspecified atom stereocenters. The maximum absolute atomic E-state index is 11.8. The van der Waals surface area contributed by atoms with Crippen LogP contribution in [0.1, 0.15) is 34.8 Å². The number of carboxylic acid groups (broad SMARTS) is 1. The van der Waals surface area contributed by atoms with Crippen LogP contribution in [0, 0.1) is 12.8 Å². The molecule has 2 rings (SSSR count). The van der Waals surface area contributed by atoms with Gasteiger partial charge in [0.15, 0.2) is 0 Å². The Morgan fingerprint density at radius 1 is 1.53 bits per heavy atom. The standard InChI is InChI=1S/C11H14N2O3S/c1-6-12-9(5-17-6)10(14)13-8-4-2-3-7(8)11(15)16/h5,7-8H,2-4H2,1H3,(H,13,14)(H,15,16). The summed E-state index contributed by atoms with van der Waals surface area (Å²) in [6, 6.07) is -0.262. The van der Waals surface area contributed by atoms with Crippen molar-refractivity contribution in [3.05, 3.63) is 16.1 Å². The van der Waals surface area contributed by atoms with Crippen LogP contribution in [0.4, 0.5) is 0 Å². The summed E-state index contributed by atoms with van der Waals surface area (Å²) in [4.78, 5) is 26.9. The topological polar surface area (TPSA) is 79.3 Å². The van der Waals surface area contributed by atoms with Crippen molar-refractivity contribution >= 4 is 23.2 Å². The molecule has 1 aromatic rings. The third-order valence-electron chi connectivity index (χ3n) is 3.00. The molecule has 0 aliphatic heterocycles. The van der Waals surface area contributed by atoms with Gasteiger partial charge in [0.2, 0.25) is 0 Å². The van der Waals surface area contributed by atoms with Crippen LogP contribution >= 0.6 is 11.3 Å². The first kappa shape index (κ1) is 12.0. The zero-order chi connectivity index (χ0) is 12.4. The van der Waals surface area contributed by atoms with E-state index in [-0.39, 0.29) is 11.9 Å². The van der Waals surface area contributed by atoms with Gasteiger partial charge in [-0.2, -0.15) is 0 Å². The first-order valence-electron chi connectivity index (χ1n) is 5.53. The maximum Gasteiger partial charge on any atom is 0.308 e. The van der Waals surface area contributed by atoms with Crippen molar-refractivity contribution in [1.82, 2.24) is 10.3 Å². The van der Waals surface area contributed by atoms with Gasteiger partial charge in [0.25, 0.3) is 5.91 Å². The van der Waals surface area contributed by atoms with E-state index >= 15 is 0 Å². The van der Waals surface area contributed by atoms with Crippen LogP contribution in [0.2, 0.25) is 0 Å². The molecule has 1 saturated carbocycles. The molecule has 1 aliphatic carbocycles. The predicted octanol–water partition coefficient (Wildman–Crippen LogP) is 1.43. The molecule has 1 aliphatic rings. The molecule has 0 bridgehead atoms. The Kier molecular flexibility index (Phi) is 3.42. The quantitative estimate of drug-likeness (QED) is 0.855. The number of nitrogens with zero attached hydrogens (tertiary/aromatic N) is 1. The van der Waals surface area contributed by atoms with E-state index in [0.29, 0.717) is 12.1 Å². The molecule has 1 fully saturated rings. The minimum absolute atomic E-state index is 0.262. The number of carbonyl (C=O) groups excluding carboxylic acids is 1. The smallest absolute Gasteiger partial charge is 0.308 e. The Morgan fingerprint density at radius 3 is 2.88 bits per heavy atom. The number of aromatic nitrogens is 1. The Labute approximate surface area is 103 Å². The summed E-state index contributed by atoms with van der Waals surface area (Å²) in [7, 11) is 0.